The van der Waals surface area contributed by atoms with Crippen LogP contribution in [0.15, 0.2) is 72.8 Å². The molecule has 0 spiro atoms. The molecule has 0 aliphatic carbocycles. The second-order valence-corrected chi connectivity index (χ2v) is 6.25. The highest BCUT2D eigenvalue weighted by Crippen LogP contribution is 2.32. The third-order valence-electron chi connectivity index (χ3n) is 4.13. The zero-order valence-electron chi connectivity index (χ0n) is 15.3. The highest BCUT2D eigenvalue weighted by atomic mass is 19.4. The van der Waals surface area contributed by atoms with Gasteiger partial charge in [-0.2, -0.15) is 13.2 Å². The number of esters is 1. The van der Waals surface area contributed by atoms with E-state index in [4.69, 9.17) is 4.74 Å². The minimum Gasteiger partial charge on any atom is -0.457 e. The fraction of sp³-hybridized carbons (Fsp3) is 0.0952. The van der Waals surface area contributed by atoms with Gasteiger partial charge in [-0.05, 0) is 48.0 Å². The first kappa shape index (κ1) is 20.8. The number of hydrogen-bond donors (Lipinski definition) is 1. The SMILES string of the molecule is O=C(OCc1ccc([N+](=O)[O-])cc1)c1ccccc1Nc1cccc(C(F)(F)F)c1. The Morgan fingerprint density at radius 2 is 1.70 bits per heavy atom. The molecule has 30 heavy (non-hydrogen) atoms. The van der Waals surface area contributed by atoms with E-state index >= 15 is 0 Å². The summed E-state index contributed by atoms with van der Waals surface area (Å²) in [4.78, 5) is 22.6. The summed E-state index contributed by atoms with van der Waals surface area (Å²) >= 11 is 0. The van der Waals surface area contributed by atoms with E-state index in [9.17, 15) is 28.1 Å². The van der Waals surface area contributed by atoms with E-state index in [1.54, 1.807) is 18.2 Å². The summed E-state index contributed by atoms with van der Waals surface area (Å²) in [5.74, 6) is -0.691. The lowest BCUT2D eigenvalue weighted by molar-refractivity contribution is -0.384. The average Bonchev–Trinajstić information content (AvgIpc) is 2.72. The molecule has 0 unspecified atom stereocenters. The van der Waals surface area contributed by atoms with E-state index in [0.717, 1.165) is 12.1 Å². The monoisotopic (exact) mass is 416 g/mol. The molecular formula is C21H15F3N2O4. The Morgan fingerprint density at radius 3 is 2.37 bits per heavy atom. The van der Waals surface area contributed by atoms with Crippen LogP contribution in [0, 0.1) is 10.1 Å². The number of halogens is 3. The smallest absolute Gasteiger partial charge is 0.416 e. The minimum absolute atomic E-state index is 0.0827. The van der Waals surface area contributed by atoms with Gasteiger partial charge in [-0.15, -0.1) is 0 Å². The molecule has 3 aromatic carbocycles. The van der Waals surface area contributed by atoms with Crippen LogP contribution < -0.4 is 5.32 Å². The van der Waals surface area contributed by atoms with Crippen molar-refractivity contribution >= 4 is 23.0 Å². The van der Waals surface area contributed by atoms with Crippen LogP contribution in [0.2, 0.25) is 0 Å². The summed E-state index contributed by atoms with van der Waals surface area (Å²) in [6.07, 6.45) is -4.49. The molecule has 3 aromatic rings. The van der Waals surface area contributed by atoms with E-state index in [1.165, 1.54) is 42.5 Å². The van der Waals surface area contributed by atoms with Crippen LogP contribution in [0.4, 0.5) is 30.2 Å². The number of rotatable bonds is 6. The predicted molar refractivity (Wildman–Crippen MR) is 103 cm³/mol. The van der Waals surface area contributed by atoms with Gasteiger partial charge in [-0.1, -0.05) is 18.2 Å². The second-order valence-electron chi connectivity index (χ2n) is 6.25. The van der Waals surface area contributed by atoms with E-state index < -0.39 is 22.6 Å². The van der Waals surface area contributed by atoms with Gasteiger partial charge in [0.2, 0.25) is 0 Å². The quantitative estimate of drug-likeness (QED) is 0.316. The molecule has 0 atom stereocenters. The van der Waals surface area contributed by atoms with Crippen molar-refractivity contribution in [3.63, 3.8) is 0 Å². The Bertz CT molecular complexity index is 1070. The van der Waals surface area contributed by atoms with E-state index in [0.29, 0.717) is 5.56 Å². The number of nitro benzene ring substituents is 1. The summed E-state index contributed by atoms with van der Waals surface area (Å²) in [5.41, 5.74) is 0.242. The number of benzene rings is 3. The van der Waals surface area contributed by atoms with Gasteiger partial charge >= 0.3 is 12.1 Å². The van der Waals surface area contributed by atoms with Crippen molar-refractivity contribution in [3.8, 4) is 0 Å². The molecule has 0 aliphatic heterocycles. The van der Waals surface area contributed by atoms with Gasteiger partial charge in [0.1, 0.15) is 6.61 Å². The number of nitrogens with one attached hydrogen (secondary N) is 1. The molecule has 0 radical (unpaired) electrons. The van der Waals surface area contributed by atoms with Crippen LogP contribution in [0.3, 0.4) is 0 Å². The number of non-ortho nitro benzene ring substituents is 1. The number of para-hydroxylation sites is 1. The van der Waals surface area contributed by atoms with Crippen LogP contribution in [0.1, 0.15) is 21.5 Å². The maximum absolute atomic E-state index is 12.9. The summed E-state index contributed by atoms with van der Waals surface area (Å²) < 4.78 is 44.0. The minimum atomic E-state index is -4.49. The molecule has 1 N–H and O–H groups in total. The third kappa shape index (κ3) is 5.13. The van der Waals surface area contributed by atoms with Crippen molar-refractivity contribution in [1.82, 2.24) is 0 Å². The fourth-order valence-electron chi connectivity index (χ4n) is 2.64. The van der Waals surface area contributed by atoms with Crippen LogP contribution in [0.5, 0.6) is 0 Å². The number of hydrogen-bond acceptors (Lipinski definition) is 5. The van der Waals surface area contributed by atoms with Crippen LogP contribution in [-0.4, -0.2) is 10.9 Å². The lowest BCUT2D eigenvalue weighted by Gasteiger charge is -2.13. The van der Waals surface area contributed by atoms with Gasteiger partial charge in [0.15, 0.2) is 0 Å². The number of nitro groups is 1. The zero-order valence-corrected chi connectivity index (χ0v) is 15.3. The first-order valence-electron chi connectivity index (χ1n) is 8.68. The third-order valence-corrected chi connectivity index (χ3v) is 4.13. The molecule has 0 amide bonds. The van der Waals surface area contributed by atoms with Crippen molar-refractivity contribution < 1.29 is 27.6 Å². The Morgan fingerprint density at radius 1 is 1.00 bits per heavy atom. The van der Waals surface area contributed by atoms with Crippen LogP contribution in [-0.2, 0) is 17.5 Å². The van der Waals surface area contributed by atoms with Gasteiger partial charge in [0, 0.05) is 17.8 Å². The Kier molecular flexibility index (Phi) is 6.01. The molecule has 154 valence electrons. The average molecular weight is 416 g/mol. The Labute approximate surface area is 169 Å². The van der Waals surface area contributed by atoms with Gasteiger partial charge in [0.05, 0.1) is 21.7 Å². The summed E-state index contributed by atoms with van der Waals surface area (Å²) in [5, 5.41) is 13.5. The molecule has 6 nitrogen and oxygen atoms in total. The summed E-state index contributed by atoms with van der Waals surface area (Å²) in [7, 11) is 0. The van der Waals surface area contributed by atoms with Gasteiger partial charge < -0.3 is 10.1 Å². The van der Waals surface area contributed by atoms with Crippen molar-refractivity contribution in [1.29, 1.82) is 0 Å². The summed E-state index contributed by atoms with van der Waals surface area (Å²) in [6, 6.07) is 16.4. The first-order chi connectivity index (χ1) is 14.2. The summed E-state index contributed by atoms with van der Waals surface area (Å²) in [6.45, 7) is -0.116. The van der Waals surface area contributed by atoms with Gasteiger partial charge in [-0.3, -0.25) is 10.1 Å². The Balaban J connectivity index is 1.73. The van der Waals surface area contributed by atoms with Crippen LogP contribution in [0.25, 0.3) is 0 Å². The maximum Gasteiger partial charge on any atom is 0.416 e. The molecular weight excluding hydrogens is 401 g/mol. The van der Waals surface area contributed by atoms with Gasteiger partial charge in [-0.25, -0.2) is 4.79 Å². The first-order valence-corrected chi connectivity index (χ1v) is 8.68. The molecule has 0 aromatic heterocycles. The molecule has 3 rings (SSSR count). The molecule has 0 heterocycles. The van der Waals surface area contributed by atoms with E-state index in [2.05, 4.69) is 5.32 Å². The molecule has 0 saturated carbocycles. The van der Waals surface area contributed by atoms with Crippen molar-refractivity contribution in [3.05, 3.63) is 99.6 Å². The standard InChI is InChI=1S/C21H15F3N2O4/c22-21(23,24)15-4-3-5-16(12-15)25-19-7-2-1-6-18(19)20(27)30-13-14-8-10-17(11-9-14)26(28)29/h1-12,25H,13H2. The number of alkyl halides is 3. The number of carbonyl (C=O) groups excluding carboxylic acids is 1. The molecule has 0 fully saturated rings. The van der Waals surface area contributed by atoms with Crippen molar-refractivity contribution in [2.45, 2.75) is 12.8 Å². The fourth-order valence-corrected chi connectivity index (χ4v) is 2.64. The predicted octanol–water partition coefficient (Wildman–Crippen LogP) is 5.71. The normalized spacial score (nSPS) is 11.0. The molecule has 0 aliphatic rings. The van der Waals surface area contributed by atoms with E-state index in [1.807, 2.05) is 0 Å². The second kappa shape index (κ2) is 8.64. The zero-order chi connectivity index (χ0) is 21.7. The molecule has 9 heteroatoms. The highest BCUT2D eigenvalue weighted by Gasteiger charge is 2.30. The maximum atomic E-state index is 12.9. The van der Waals surface area contributed by atoms with Gasteiger partial charge in [0.25, 0.3) is 5.69 Å². The highest BCUT2D eigenvalue weighted by molar-refractivity contribution is 5.96. The molecule has 0 saturated heterocycles. The topological polar surface area (TPSA) is 81.5 Å². The Hall–Kier alpha value is -3.88. The lowest BCUT2D eigenvalue weighted by atomic mass is 10.1. The van der Waals surface area contributed by atoms with E-state index in [-0.39, 0.29) is 29.2 Å². The lowest BCUT2D eigenvalue weighted by Crippen LogP contribution is -2.09. The molecule has 0 bridgehead atoms. The number of anilines is 2. The largest absolute Gasteiger partial charge is 0.457 e. The number of ether oxygens (including phenoxy) is 1. The van der Waals surface area contributed by atoms with Crippen molar-refractivity contribution in [2.24, 2.45) is 0 Å². The van der Waals surface area contributed by atoms with Crippen LogP contribution >= 0.6 is 0 Å². The number of nitrogens with zero attached hydrogens (tertiary/aromatic N) is 1. The van der Waals surface area contributed by atoms with Crippen molar-refractivity contribution in [2.75, 3.05) is 5.32 Å². The number of carbonyl (C=O) groups is 1.